The number of ether oxygens (including phenoxy) is 3. The van der Waals surface area contributed by atoms with Crippen molar-refractivity contribution in [2.24, 2.45) is 0 Å². The molecule has 1 saturated heterocycles. The fourth-order valence-electron chi connectivity index (χ4n) is 4.69. The molecule has 2 aromatic carbocycles. The van der Waals surface area contributed by atoms with Crippen LogP contribution >= 0.6 is 11.8 Å². The first-order chi connectivity index (χ1) is 14.0. The van der Waals surface area contributed by atoms with Gasteiger partial charge in [0, 0.05) is 12.1 Å². The molecule has 2 atom stereocenters. The molecule has 6 heteroatoms. The molecular formula is C23H27NO4S. The number of aryl methyl sites for hydroxylation is 1. The zero-order chi connectivity index (χ0) is 20.0. The van der Waals surface area contributed by atoms with E-state index >= 15 is 0 Å². The maximum Gasteiger partial charge on any atom is 0.231 e. The van der Waals surface area contributed by atoms with Crippen molar-refractivity contribution in [3.8, 4) is 17.2 Å². The summed E-state index contributed by atoms with van der Waals surface area (Å²) < 4.78 is 16.9. The van der Waals surface area contributed by atoms with E-state index in [9.17, 15) is 5.11 Å². The smallest absolute Gasteiger partial charge is 0.231 e. The van der Waals surface area contributed by atoms with Gasteiger partial charge in [-0.15, -0.1) is 0 Å². The predicted octanol–water partition coefficient (Wildman–Crippen LogP) is 4.72. The lowest BCUT2D eigenvalue weighted by Crippen LogP contribution is -2.32. The molecule has 2 unspecified atom stereocenters. The van der Waals surface area contributed by atoms with Gasteiger partial charge in [0.05, 0.1) is 11.6 Å². The first kappa shape index (κ1) is 19.1. The molecular weight excluding hydrogens is 386 g/mol. The van der Waals surface area contributed by atoms with Crippen molar-refractivity contribution in [2.45, 2.75) is 61.4 Å². The maximum atomic E-state index is 10.1. The van der Waals surface area contributed by atoms with E-state index < -0.39 is 0 Å². The molecule has 3 aliphatic rings. The lowest BCUT2D eigenvalue weighted by molar-refractivity contribution is 0.0596. The normalized spacial score (nSPS) is 24.5. The van der Waals surface area contributed by atoms with Crippen LogP contribution in [0.5, 0.6) is 17.2 Å². The van der Waals surface area contributed by atoms with Gasteiger partial charge in [0.15, 0.2) is 16.4 Å². The average molecular weight is 414 g/mol. The lowest BCUT2D eigenvalue weighted by atomic mass is 10.0. The van der Waals surface area contributed by atoms with Crippen molar-refractivity contribution < 1.29 is 19.3 Å². The van der Waals surface area contributed by atoms with E-state index in [0.717, 1.165) is 42.9 Å². The summed E-state index contributed by atoms with van der Waals surface area (Å²) in [7, 11) is 0. The second-order valence-corrected chi connectivity index (χ2v) is 10.1. The van der Waals surface area contributed by atoms with Gasteiger partial charge in [-0.3, -0.25) is 4.90 Å². The number of rotatable bonds is 5. The Hall–Kier alpha value is -1.89. The first-order valence-corrected chi connectivity index (χ1v) is 11.1. The zero-order valence-corrected chi connectivity index (χ0v) is 17.7. The van der Waals surface area contributed by atoms with Gasteiger partial charge in [0.25, 0.3) is 0 Å². The summed E-state index contributed by atoms with van der Waals surface area (Å²) in [6, 6.07) is 13.3. The molecule has 1 N–H and O–H groups in total. The van der Waals surface area contributed by atoms with Gasteiger partial charge < -0.3 is 19.3 Å². The van der Waals surface area contributed by atoms with Gasteiger partial charge in [0.1, 0.15) is 5.75 Å². The lowest BCUT2D eigenvalue weighted by Gasteiger charge is -2.28. The van der Waals surface area contributed by atoms with E-state index in [1.54, 1.807) is 11.8 Å². The summed E-state index contributed by atoms with van der Waals surface area (Å²) in [4.78, 5) is 3.25. The van der Waals surface area contributed by atoms with E-state index in [-0.39, 0.29) is 17.7 Å². The Kier molecular flexibility index (Phi) is 4.88. The number of fused-ring (bicyclic) bond motifs is 2. The summed E-state index contributed by atoms with van der Waals surface area (Å²) in [6.45, 7) is 4.59. The van der Waals surface area contributed by atoms with Gasteiger partial charge in [-0.2, -0.15) is 0 Å². The molecule has 1 fully saturated rings. The number of benzene rings is 2. The Morgan fingerprint density at radius 3 is 2.76 bits per heavy atom. The van der Waals surface area contributed by atoms with Crippen LogP contribution in [0.1, 0.15) is 50.3 Å². The Morgan fingerprint density at radius 2 is 1.90 bits per heavy atom. The summed E-state index contributed by atoms with van der Waals surface area (Å²) in [5.74, 6) is 2.64. The standard InChI is InChI=1S/C23H27NO4S/c1-23(2)28-20-10-5-16(12-22(20)29-23)18-8-7-17(24(18)13-25)6-3-15-4-9-19-21(11-15)27-14-26-19/h4-5,9-12,17-18,25H,3,6-8,13-14H2,1-2H3. The Labute approximate surface area is 176 Å². The SMILES string of the molecule is CC1(C)Oc2ccc(C3CCC(CCc4ccc5c(c4)OCO5)N3CO)cc2S1. The second-order valence-electron chi connectivity index (χ2n) is 8.44. The molecule has 0 aromatic heterocycles. The minimum atomic E-state index is -0.208. The second kappa shape index (κ2) is 7.42. The quantitative estimate of drug-likeness (QED) is 0.765. The van der Waals surface area contributed by atoms with Crippen LogP contribution < -0.4 is 14.2 Å². The molecule has 154 valence electrons. The highest BCUT2D eigenvalue weighted by atomic mass is 32.2. The van der Waals surface area contributed by atoms with Crippen molar-refractivity contribution in [1.82, 2.24) is 4.90 Å². The van der Waals surface area contributed by atoms with Crippen LogP contribution in [0.15, 0.2) is 41.3 Å². The molecule has 0 aliphatic carbocycles. The summed E-state index contributed by atoms with van der Waals surface area (Å²) >= 11 is 1.77. The Morgan fingerprint density at radius 1 is 1.07 bits per heavy atom. The van der Waals surface area contributed by atoms with Crippen LogP contribution in [0, 0.1) is 0 Å². The molecule has 5 nitrogen and oxygen atoms in total. The summed E-state index contributed by atoms with van der Waals surface area (Å²) in [5.41, 5.74) is 2.53. The molecule has 29 heavy (non-hydrogen) atoms. The van der Waals surface area contributed by atoms with Crippen LogP contribution in [0.25, 0.3) is 0 Å². The number of aliphatic hydroxyl groups excluding tert-OH is 1. The molecule has 0 amide bonds. The van der Waals surface area contributed by atoms with E-state index in [0.29, 0.717) is 12.8 Å². The van der Waals surface area contributed by atoms with Crippen LogP contribution in [-0.2, 0) is 6.42 Å². The Balaban J connectivity index is 1.27. The van der Waals surface area contributed by atoms with Crippen molar-refractivity contribution in [3.63, 3.8) is 0 Å². The van der Waals surface area contributed by atoms with Gasteiger partial charge >= 0.3 is 0 Å². The molecule has 2 aromatic rings. The highest BCUT2D eigenvalue weighted by molar-refractivity contribution is 8.00. The number of thioether (sulfide) groups is 1. The average Bonchev–Trinajstić information content (AvgIpc) is 3.39. The van der Waals surface area contributed by atoms with Gasteiger partial charge in [-0.1, -0.05) is 23.9 Å². The molecule has 3 heterocycles. The zero-order valence-electron chi connectivity index (χ0n) is 16.9. The minimum absolute atomic E-state index is 0.0860. The monoisotopic (exact) mass is 413 g/mol. The summed E-state index contributed by atoms with van der Waals surface area (Å²) in [6.07, 6.45) is 4.15. The van der Waals surface area contributed by atoms with Gasteiger partial charge in [0.2, 0.25) is 6.79 Å². The Bertz CT molecular complexity index is 916. The molecule has 0 radical (unpaired) electrons. The summed E-state index contributed by atoms with van der Waals surface area (Å²) in [5, 5.41) is 10.1. The fourth-order valence-corrected chi connectivity index (χ4v) is 5.76. The fraction of sp³-hybridized carbons (Fsp3) is 0.478. The third-order valence-electron chi connectivity index (χ3n) is 6.07. The third-order valence-corrected chi connectivity index (χ3v) is 7.19. The topological polar surface area (TPSA) is 51.2 Å². The van der Waals surface area contributed by atoms with E-state index in [4.69, 9.17) is 14.2 Å². The third kappa shape index (κ3) is 3.69. The molecule has 0 spiro atoms. The minimum Gasteiger partial charge on any atom is -0.476 e. The van der Waals surface area contributed by atoms with Crippen molar-refractivity contribution in [2.75, 3.05) is 13.5 Å². The van der Waals surface area contributed by atoms with E-state index in [2.05, 4.69) is 49.1 Å². The van der Waals surface area contributed by atoms with Crippen LogP contribution in [0.4, 0.5) is 0 Å². The number of hydrogen-bond acceptors (Lipinski definition) is 6. The van der Waals surface area contributed by atoms with Crippen LogP contribution in [-0.4, -0.2) is 34.5 Å². The van der Waals surface area contributed by atoms with Crippen molar-refractivity contribution in [1.29, 1.82) is 0 Å². The van der Waals surface area contributed by atoms with Crippen molar-refractivity contribution >= 4 is 11.8 Å². The van der Waals surface area contributed by atoms with Gasteiger partial charge in [-0.05, 0) is 74.9 Å². The largest absolute Gasteiger partial charge is 0.476 e. The predicted molar refractivity (Wildman–Crippen MR) is 113 cm³/mol. The van der Waals surface area contributed by atoms with E-state index in [1.807, 2.05) is 6.07 Å². The first-order valence-electron chi connectivity index (χ1n) is 10.3. The number of likely N-dealkylation sites (tertiary alicyclic amines) is 1. The van der Waals surface area contributed by atoms with Crippen LogP contribution in [0.2, 0.25) is 0 Å². The van der Waals surface area contributed by atoms with E-state index in [1.165, 1.54) is 16.0 Å². The van der Waals surface area contributed by atoms with Gasteiger partial charge in [-0.25, -0.2) is 0 Å². The number of aliphatic hydroxyl groups is 1. The maximum absolute atomic E-state index is 10.1. The molecule has 0 bridgehead atoms. The molecule has 0 saturated carbocycles. The molecule has 5 rings (SSSR count). The molecule has 3 aliphatic heterocycles. The number of nitrogens with zero attached hydrogens (tertiary/aromatic N) is 1. The highest BCUT2D eigenvalue weighted by Crippen LogP contribution is 2.49. The van der Waals surface area contributed by atoms with Crippen molar-refractivity contribution in [3.05, 3.63) is 47.5 Å². The van der Waals surface area contributed by atoms with Crippen LogP contribution in [0.3, 0.4) is 0 Å². The number of hydrogen-bond donors (Lipinski definition) is 1. The highest BCUT2D eigenvalue weighted by Gasteiger charge is 2.36.